The van der Waals surface area contributed by atoms with Crippen molar-refractivity contribution in [2.45, 2.75) is 5.09 Å². The Morgan fingerprint density at radius 3 is 2.50 bits per heavy atom. The predicted octanol–water partition coefficient (Wildman–Crippen LogP) is 0.174. The molecule has 0 aliphatic heterocycles. The quantitative estimate of drug-likeness (QED) is 0.817. The fourth-order valence-electron chi connectivity index (χ4n) is 0.870. The molecule has 1 rings (SSSR count). The van der Waals surface area contributed by atoms with Crippen LogP contribution in [0.15, 0.2) is 21.6 Å². The van der Waals surface area contributed by atoms with E-state index in [0.717, 1.165) is 0 Å². The van der Waals surface area contributed by atoms with Crippen LogP contribution in [0.2, 0.25) is 0 Å². The van der Waals surface area contributed by atoms with E-state index < -0.39 is 16.8 Å². The van der Waals surface area contributed by atoms with Gasteiger partial charge in [-0.3, -0.25) is 9.00 Å². The summed E-state index contributed by atoms with van der Waals surface area (Å²) < 4.78 is 16.4. The van der Waals surface area contributed by atoms with Crippen molar-refractivity contribution in [1.82, 2.24) is 4.90 Å². The minimum atomic E-state index is -1.65. The average Bonchev–Trinajstić information content (AvgIpc) is 2.65. The van der Waals surface area contributed by atoms with Gasteiger partial charge in [-0.15, -0.1) is 0 Å². The van der Waals surface area contributed by atoms with Gasteiger partial charge in [-0.25, -0.2) is 4.79 Å². The van der Waals surface area contributed by atoms with Gasteiger partial charge in [-0.05, 0) is 12.1 Å². The summed E-state index contributed by atoms with van der Waals surface area (Å²) in [6, 6.07) is 2.50. The average molecular weight is 245 g/mol. The van der Waals surface area contributed by atoms with Crippen LogP contribution in [0.5, 0.6) is 0 Å². The normalized spacial score (nSPS) is 12.1. The number of amides is 1. The Bertz CT molecular complexity index is 437. The Kier molecular flexibility index (Phi) is 3.83. The second-order valence-corrected chi connectivity index (χ2v) is 4.58. The van der Waals surface area contributed by atoms with Crippen molar-refractivity contribution < 1.29 is 23.3 Å². The summed E-state index contributed by atoms with van der Waals surface area (Å²) in [6.45, 7) is 0. The van der Waals surface area contributed by atoms with Crippen molar-refractivity contribution in [3.05, 3.63) is 17.9 Å². The standard InChI is InChI=1S/C9H11NO5S/c1-10(2)7(11)5-16(14)8-4-3-6(15-8)9(12)13/h3-4H,5H2,1-2H3,(H,12,13). The smallest absolute Gasteiger partial charge is 0.371 e. The third kappa shape index (κ3) is 2.93. The van der Waals surface area contributed by atoms with Gasteiger partial charge in [0.25, 0.3) is 0 Å². The molecule has 0 saturated carbocycles. The van der Waals surface area contributed by atoms with Crippen molar-refractivity contribution in [3.63, 3.8) is 0 Å². The zero-order valence-electron chi connectivity index (χ0n) is 8.80. The molecule has 0 spiro atoms. The fraction of sp³-hybridized carbons (Fsp3) is 0.333. The predicted molar refractivity (Wildman–Crippen MR) is 55.6 cm³/mol. The molecule has 0 bridgehead atoms. The van der Waals surface area contributed by atoms with Crippen LogP contribution < -0.4 is 0 Å². The molecule has 0 radical (unpaired) electrons. The lowest BCUT2D eigenvalue weighted by Gasteiger charge is -2.08. The molecular weight excluding hydrogens is 234 g/mol. The maximum atomic E-state index is 11.6. The highest BCUT2D eigenvalue weighted by Crippen LogP contribution is 2.12. The van der Waals surface area contributed by atoms with Crippen molar-refractivity contribution in [1.29, 1.82) is 0 Å². The number of carbonyl (C=O) groups is 2. The number of furan rings is 1. The number of hydrogen-bond acceptors (Lipinski definition) is 4. The van der Waals surface area contributed by atoms with Gasteiger partial charge in [0.1, 0.15) is 5.75 Å². The molecule has 0 fully saturated rings. The third-order valence-corrected chi connectivity index (χ3v) is 2.95. The van der Waals surface area contributed by atoms with E-state index in [4.69, 9.17) is 9.52 Å². The molecule has 0 aromatic carbocycles. The summed E-state index contributed by atoms with van der Waals surface area (Å²) in [4.78, 5) is 23.0. The van der Waals surface area contributed by atoms with Crippen LogP contribution in [0.4, 0.5) is 0 Å². The SMILES string of the molecule is CN(C)C(=O)CS(=O)c1ccc(C(=O)O)o1. The summed E-state index contributed by atoms with van der Waals surface area (Å²) in [5.74, 6) is -2.06. The molecule has 1 N–H and O–H groups in total. The van der Waals surface area contributed by atoms with Crippen molar-refractivity contribution in [2.75, 3.05) is 19.8 Å². The van der Waals surface area contributed by atoms with E-state index in [9.17, 15) is 13.8 Å². The monoisotopic (exact) mass is 245 g/mol. The van der Waals surface area contributed by atoms with Gasteiger partial charge in [0.05, 0.1) is 10.8 Å². The first-order chi connectivity index (χ1) is 7.41. The highest BCUT2D eigenvalue weighted by atomic mass is 32.2. The van der Waals surface area contributed by atoms with E-state index in [1.807, 2.05) is 0 Å². The number of carboxylic acids is 1. The number of hydrogen-bond donors (Lipinski definition) is 1. The fourth-order valence-corrected chi connectivity index (χ4v) is 1.90. The van der Waals surface area contributed by atoms with E-state index in [1.54, 1.807) is 14.1 Å². The zero-order valence-corrected chi connectivity index (χ0v) is 9.61. The lowest BCUT2D eigenvalue weighted by Crippen LogP contribution is -2.26. The Labute approximate surface area is 94.3 Å². The maximum absolute atomic E-state index is 11.6. The van der Waals surface area contributed by atoms with Gasteiger partial charge < -0.3 is 14.4 Å². The van der Waals surface area contributed by atoms with Crippen LogP contribution >= 0.6 is 0 Å². The lowest BCUT2D eigenvalue weighted by atomic mass is 10.5. The van der Waals surface area contributed by atoms with Crippen LogP contribution in [0.25, 0.3) is 0 Å². The molecule has 7 heteroatoms. The largest absolute Gasteiger partial charge is 0.475 e. The molecule has 88 valence electrons. The number of carboxylic acid groups (broad SMARTS) is 1. The first kappa shape index (κ1) is 12.4. The summed E-state index contributed by atoms with van der Waals surface area (Å²) in [5.41, 5.74) is 0. The molecule has 6 nitrogen and oxygen atoms in total. The number of aromatic carboxylic acids is 1. The number of nitrogens with zero attached hydrogens (tertiary/aromatic N) is 1. The van der Waals surface area contributed by atoms with E-state index in [2.05, 4.69) is 0 Å². The molecule has 0 saturated heterocycles. The Hall–Kier alpha value is -1.63. The molecule has 1 atom stereocenters. The van der Waals surface area contributed by atoms with Crippen LogP contribution in [0.1, 0.15) is 10.6 Å². The summed E-state index contributed by atoms with van der Waals surface area (Å²) >= 11 is 0. The first-order valence-electron chi connectivity index (χ1n) is 4.33. The van der Waals surface area contributed by atoms with Crippen LogP contribution in [0, 0.1) is 0 Å². The molecule has 1 amide bonds. The Morgan fingerprint density at radius 1 is 1.44 bits per heavy atom. The molecule has 1 aromatic rings. The minimum absolute atomic E-state index is 0.00685. The molecule has 0 aliphatic carbocycles. The highest BCUT2D eigenvalue weighted by molar-refractivity contribution is 7.85. The van der Waals surface area contributed by atoms with Gasteiger partial charge in [0.15, 0.2) is 5.09 Å². The lowest BCUT2D eigenvalue weighted by molar-refractivity contribution is -0.125. The van der Waals surface area contributed by atoms with E-state index in [1.165, 1.54) is 17.0 Å². The molecular formula is C9H11NO5S. The maximum Gasteiger partial charge on any atom is 0.371 e. The van der Waals surface area contributed by atoms with Gasteiger partial charge in [-0.1, -0.05) is 0 Å². The van der Waals surface area contributed by atoms with Gasteiger partial charge >= 0.3 is 5.97 Å². The summed E-state index contributed by atoms with van der Waals surface area (Å²) in [5, 5.41) is 8.58. The van der Waals surface area contributed by atoms with E-state index >= 15 is 0 Å². The van der Waals surface area contributed by atoms with Crippen LogP contribution in [-0.2, 0) is 15.6 Å². The van der Waals surface area contributed by atoms with Crippen molar-refractivity contribution >= 4 is 22.7 Å². The van der Waals surface area contributed by atoms with Gasteiger partial charge in [0, 0.05) is 14.1 Å². The van der Waals surface area contributed by atoms with Crippen molar-refractivity contribution in [3.8, 4) is 0 Å². The molecule has 16 heavy (non-hydrogen) atoms. The zero-order chi connectivity index (χ0) is 12.3. The Balaban J connectivity index is 2.74. The number of rotatable bonds is 4. The minimum Gasteiger partial charge on any atom is -0.475 e. The van der Waals surface area contributed by atoms with Crippen molar-refractivity contribution in [2.24, 2.45) is 0 Å². The molecule has 1 aromatic heterocycles. The van der Waals surface area contributed by atoms with E-state index in [0.29, 0.717) is 0 Å². The molecule has 1 heterocycles. The summed E-state index contributed by atoms with van der Waals surface area (Å²) in [6.07, 6.45) is 0. The van der Waals surface area contributed by atoms with E-state index in [-0.39, 0.29) is 22.5 Å². The van der Waals surface area contributed by atoms with Gasteiger partial charge in [0.2, 0.25) is 11.7 Å². The topological polar surface area (TPSA) is 87.8 Å². The summed E-state index contributed by atoms with van der Waals surface area (Å²) in [7, 11) is 1.44. The van der Waals surface area contributed by atoms with Gasteiger partial charge in [-0.2, -0.15) is 0 Å². The Morgan fingerprint density at radius 2 is 2.06 bits per heavy atom. The van der Waals surface area contributed by atoms with Crippen LogP contribution in [0.3, 0.4) is 0 Å². The number of carbonyl (C=O) groups excluding carboxylic acids is 1. The second-order valence-electron chi connectivity index (χ2n) is 3.20. The highest BCUT2D eigenvalue weighted by Gasteiger charge is 2.17. The second kappa shape index (κ2) is 4.93. The van der Waals surface area contributed by atoms with Crippen LogP contribution in [-0.4, -0.2) is 45.9 Å². The first-order valence-corrected chi connectivity index (χ1v) is 5.65. The third-order valence-electron chi connectivity index (χ3n) is 1.77. The molecule has 0 aliphatic rings. The molecule has 1 unspecified atom stereocenters.